The minimum Gasteiger partial charge on any atom is -0.368 e. The third-order valence-corrected chi connectivity index (χ3v) is 4.83. The molecule has 1 N–H and O–H groups in total. The summed E-state index contributed by atoms with van der Waals surface area (Å²) in [6.45, 7) is 3.02. The maximum Gasteiger partial charge on any atom is 0.227 e. The zero-order valence-electron chi connectivity index (χ0n) is 13.9. The molecule has 128 valence electrons. The van der Waals surface area contributed by atoms with Crippen molar-refractivity contribution in [2.45, 2.75) is 6.42 Å². The maximum atomic E-state index is 14.1. The molecule has 0 spiro atoms. The normalized spacial score (nSPS) is 14.9. The first-order chi connectivity index (χ1) is 12.2. The number of rotatable bonds is 3. The minimum atomic E-state index is -0.282. The molecule has 0 saturated carbocycles. The number of halogens is 1. The zero-order valence-corrected chi connectivity index (χ0v) is 13.9. The van der Waals surface area contributed by atoms with Gasteiger partial charge in [-0.25, -0.2) is 4.39 Å². The number of nitrogens with one attached hydrogen (secondary N) is 1. The van der Waals surface area contributed by atoms with Gasteiger partial charge in [0.1, 0.15) is 5.82 Å². The van der Waals surface area contributed by atoms with Gasteiger partial charge < -0.3 is 14.8 Å². The quantitative estimate of drug-likeness (QED) is 0.797. The first-order valence-electron chi connectivity index (χ1n) is 8.54. The topological polar surface area (TPSA) is 39.3 Å². The molecular formula is C20H20FN3O. The maximum absolute atomic E-state index is 14.1. The number of carbonyl (C=O) groups is 1. The average molecular weight is 337 g/mol. The number of nitrogens with zero attached hydrogens (tertiary/aromatic N) is 2. The van der Waals surface area contributed by atoms with Gasteiger partial charge in [-0.3, -0.25) is 4.79 Å². The van der Waals surface area contributed by atoms with Crippen LogP contribution in [-0.4, -0.2) is 42.0 Å². The summed E-state index contributed by atoms with van der Waals surface area (Å²) in [4.78, 5) is 19.8. The van der Waals surface area contributed by atoms with Gasteiger partial charge in [0.05, 0.1) is 6.42 Å². The van der Waals surface area contributed by atoms with Crippen LogP contribution < -0.4 is 4.90 Å². The molecule has 1 aliphatic heterocycles. The molecule has 25 heavy (non-hydrogen) atoms. The van der Waals surface area contributed by atoms with Crippen LogP contribution in [0.4, 0.5) is 10.1 Å². The van der Waals surface area contributed by atoms with E-state index >= 15 is 0 Å². The van der Waals surface area contributed by atoms with Crippen LogP contribution in [0, 0.1) is 5.82 Å². The van der Waals surface area contributed by atoms with Crippen molar-refractivity contribution < 1.29 is 9.18 Å². The summed E-state index contributed by atoms with van der Waals surface area (Å²) >= 11 is 0. The summed E-state index contributed by atoms with van der Waals surface area (Å²) in [5, 5.41) is 0.527. The van der Waals surface area contributed by atoms with Crippen molar-refractivity contribution in [1.29, 1.82) is 0 Å². The van der Waals surface area contributed by atoms with Crippen LogP contribution in [0.25, 0.3) is 10.9 Å². The molecule has 5 heteroatoms. The van der Waals surface area contributed by atoms with E-state index in [0.29, 0.717) is 18.5 Å². The molecule has 0 bridgehead atoms. The Bertz CT molecular complexity index is 882. The Kier molecular flexibility index (Phi) is 4.14. The second-order valence-electron chi connectivity index (χ2n) is 6.36. The number of carbonyl (C=O) groups excluding carboxylic acids is 1. The highest BCUT2D eigenvalue weighted by molar-refractivity contribution is 5.89. The van der Waals surface area contributed by atoms with Crippen LogP contribution in [-0.2, 0) is 11.2 Å². The van der Waals surface area contributed by atoms with Crippen molar-refractivity contribution in [3.05, 3.63) is 66.1 Å². The van der Waals surface area contributed by atoms with Crippen molar-refractivity contribution in [2.24, 2.45) is 0 Å². The minimum absolute atomic E-state index is 0.0527. The fourth-order valence-corrected chi connectivity index (χ4v) is 3.47. The largest absolute Gasteiger partial charge is 0.368 e. The second-order valence-corrected chi connectivity index (χ2v) is 6.36. The van der Waals surface area contributed by atoms with Crippen LogP contribution in [0.1, 0.15) is 5.56 Å². The molecule has 0 atom stereocenters. The van der Waals surface area contributed by atoms with E-state index in [2.05, 4.69) is 22.0 Å². The third-order valence-electron chi connectivity index (χ3n) is 4.83. The summed E-state index contributed by atoms with van der Waals surface area (Å²) in [6.07, 6.45) is 1.97. The average Bonchev–Trinajstić information content (AvgIpc) is 3.07. The predicted octanol–water partition coefficient (Wildman–Crippen LogP) is 3.20. The van der Waals surface area contributed by atoms with Crippen molar-refractivity contribution in [1.82, 2.24) is 9.88 Å². The van der Waals surface area contributed by atoms with Crippen LogP contribution in [0.15, 0.2) is 54.7 Å². The van der Waals surface area contributed by atoms with Crippen molar-refractivity contribution in [3.63, 3.8) is 0 Å². The Morgan fingerprint density at radius 3 is 2.52 bits per heavy atom. The van der Waals surface area contributed by atoms with Gasteiger partial charge in [0.2, 0.25) is 5.91 Å². The summed E-state index contributed by atoms with van der Waals surface area (Å²) in [7, 11) is 0. The van der Waals surface area contributed by atoms with Gasteiger partial charge in [0.25, 0.3) is 0 Å². The van der Waals surface area contributed by atoms with Gasteiger partial charge >= 0.3 is 0 Å². The summed E-state index contributed by atoms with van der Waals surface area (Å²) in [5.41, 5.74) is 2.65. The number of H-pyrrole nitrogens is 1. The molecule has 1 saturated heterocycles. The molecule has 0 aliphatic carbocycles. The first-order valence-corrected chi connectivity index (χ1v) is 8.54. The fraction of sp³-hybridized carbons (Fsp3) is 0.250. The Balaban J connectivity index is 1.42. The highest BCUT2D eigenvalue weighted by Crippen LogP contribution is 2.23. The van der Waals surface area contributed by atoms with E-state index in [1.807, 2.05) is 29.2 Å². The third kappa shape index (κ3) is 3.09. The number of aromatic amines is 1. The van der Waals surface area contributed by atoms with Crippen molar-refractivity contribution >= 4 is 22.5 Å². The van der Waals surface area contributed by atoms with E-state index in [9.17, 15) is 9.18 Å². The molecule has 3 aromatic rings. The standard InChI is InChI=1S/C20H20FN3O/c21-17-7-4-8-18-20(17)15(14-22-18)13-19(25)24-11-9-23(10-12-24)16-5-2-1-3-6-16/h1-8,14,22H,9-13H2. The van der Waals surface area contributed by atoms with Crippen molar-refractivity contribution in [2.75, 3.05) is 31.1 Å². The van der Waals surface area contributed by atoms with E-state index < -0.39 is 0 Å². The van der Waals surface area contributed by atoms with E-state index in [1.54, 1.807) is 12.3 Å². The van der Waals surface area contributed by atoms with Gasteiger partial charge in [-0.1, -0.05) is 24.3 Å². The lowest BCUT2D eigenvalue weighted by Crippen LogP contribution is -2.49. The first kappa shape index (κ1) is 15.7. The SMILES string of the molecule is O=C(Cc1c[nH]c2cccc(F)c12)N1CCN(c2ccccc2)CC1. The van der Waals surface area contributed by atoms with Crippen LogP contribution in [0.5, 0.6) is 0 Å². The van der Waals surface area contributed by atoms with Crippen LogP contribution >= 0.6 is 0 Å². The molecule has 4 nitrogen and oxygen atoms in total. The lowest BCUT2D eigenvalue weighted by Gasteiger charge is -2.36. The number of amides is 1. The van der Waals surface area contributed by atoms with Gasteiger partial charge in [-0.15, -0.1) is 0 Å². The van der Waals surface area contributed by atoms with E-state index in [4.69, 9.17) is 0 Å². The number of fused-ring (bicyclic) bond motifs is 1. The summed E-state index contributed by atoms with van der Waals surface area (Å²) in [5.74, 6) is -0.229. The molecule has 4 rings (SSSR count). The molecule has 1 fully saturated rings. The Morgan fingerprint density at radius 2 is 1.76 bits per heavy atom. The van der Waals surface area contributed by atoms with Gasteiger partial charge in [0.15, 0.2) is 0 Å². The van der Waals surface area contributed by atoms with Gasteiger partial charge in [-0.2, -0.15) is 0 Å². The van der Waals surface area contributed by atoms with Gasteiger partial charge in [-0.05, 0) is 29.8 Å². The number of benzene rings is 2. The second kappa shape index (κ2) is 6.59. The molecule has 1 aliphatic rings. The van der Waals surface area contributed by atoms with E-state index in [-0.39, 0.29) is 18.1 Å². The molecule has 0 radical (unpaired) electrons. The molecule has 1 amide bonds. The monoisotopic (exact) mass is 337 g/mol. The Labute approximate surface area is 145 Å². The molecule has 2 heterocycles. The highest BCUT2D eigenvalue weighted by Gasteiger charge is 2.22. The lowest BCUT2D eigenvalue weighted by molar-refractivity contribution is -0.130. The van der Waals surface area contributed by atoms with Crippen LogP contribution in [0.2, 0.25) is 0 Å². The Hall–Kier alpha value is -2.82. The molecular weight excluding hydrogens is 317 g/mol. The number of anilines is 1. The summed E-state index contributed by atoms with van der Waals surface area (Å²) in [6, 6.07) is 15.2. The molecule has 0 unspecified atom stereocenters. The number of para-hydroxylation sites is 1. The van der Waals surface area contributed by atoms with Gasteiger partial charge in [0, 0.05) is 49.0 Å². The van der Waals surface area contributed by atoms with E-state index in [1.165, 1.54) is 11.8 Å². The molecule has 2 aromatic carbocycles. The van der Waals surface area contributed by atoms with Crippen molar-refractivity contribution in [3.8, 4) is 0 Å². The predicted molar refractivity (Wildman–Crippen MR) is 97.2 cm³/mol. The smallest absolute Gasteiger partial charge is 0.227 e. The molecule has 1 aromatic heterocycles. The Morgan fingerprint density at radius 1 is 1.00 bits per heavy atom. The fourth-order valence-electron chi connectivity index (χ4n) is 3.47. The number of hydrogen-bond acceptors (Lipinski definition) is 2. The number of aromatic nitrogens is 1. The van der Waals surface area contributed by atoms with Crippen LogP contribution in [0.3, 0.4) is 0 Å². The summed E-state index contributed by atoms with van der Waals surface area (Å²) < 4.78 is 14.1. The number of piperazine rings is 1. The zero-order chi connectivity index (χ0) is 17.2. The highest BCUT2D eigenvalue weighted by atomic mass is 19.1. The number of hydrogen-bond donors (Lipinski definition) is 1. The lowest BCUT2D eigenvalue weighted by atomic mass is 10.1. The van der Waals surface area contributed by atoms with E-state index in [0.717, 1.165) is 24.2 Å².